The number of rotatable bonds is 4. The third-order valence-corrected chi connectivity index (χ3v) is 2.52. The Bertz CT molecular complexity index is 596. The zero-order valence-corrected chi connectivity index (χ0v) is 10.1. The zero-order valence-electron chi connectivity index (χ0n) is 10.1. The summed E-state index contributed by atoms with van der Waals surface area (Å²) in [7, 11) is 1.59. The van der Waals surface area contributed by atoms with Gasteiger partial charge in [0.1, 0.15) is 0 Å². The van der Waals surface area contributed by atoms with Crippen molar-refractivity contribution in [1.82, 2.24) is 20.3 Å². The Morgan fingerprint density at radius 2 is 2.32 bits per heavy atom. The summed E-state index contributed by atoms with van der Waals surface area (Å²) in [4.78, 5) is 23.5. The maximum absolute atomic E-state index is 11.9. The summed E-state index contributed by atoms with van der Waals surface area (Å²) < 4.78 is 0. The Kier molecular flexibility index (Phi) is 3.51. The van der Waals surface area contributed by atoms with Gasteiger partial charge in [-0.25, -0.2) is 0 Å². The molecule has 2 rings (SSSR count). The summed E-state index contributed by atoms with van der Waals surface area (Å²) in [6, 6.07) is 6.15. The van der Waals surface area contributed by atoms with Crippen molar-refractivity contribution >= 4 is 11.6 Å². The summed E-state index contributed by atoms with van der Waals surface area (Å²) in [5.74, 6) is -0.305. The zero-order chi connectivity index (χ0) is 13.8. The predicted octanol–water partition coefficient (Wildman–Crippen LogP) is 0.985. The van der Waals surface area contributed by atoms with E-state index >= 15 is 0 Å². The van der Waals surface area contributed by atoms with Crippen LogP contribution in [-0.2, 0) is 6.54 Å². The fraction of sp³-hybridized carbons (Fsp3) is 0.182. The van der Waals surface area contributed by atoms with Crippen LogP contribution in [0.5, 0.6) is 0 Å². The highest BCUT2D eigenvalue weighted by molar-refractivity contribution is 5.91. The molecule has 8 heteroatoms. The van der Waals surface area contributed by atoms with Crippen LogP contribution < -0.4 is 0 Å². The average Bonchev–Trinajstić information content (AvgIpc) is 2.92. The van der Waals surface area contributed by atoms with Gasteiger partial charge in [0.15, 0.2) is 5.69 Å². The summed E-state index contributed by atoms with van der Waals surface area (Å²) in [5.41, 5.74) is 0.876. The molecule has 0 atom stereocenters. The van der Waals surface area contributed by atoms with Gasteiger partial charge in [0.05, 0.1) is 11.1 Å². The summed E-state index contributed by atoms with van der Waals surface area (Å²) in [6.45, 7) is 0.257. The van der Waals surface area contributed by atoms with E-state index in [9.17, 15) is 14.9 Å². The van der Waals surface area contributed by atoms with E-state index in [0.717, 1.165) is 0 Å². The van der Waals surface area contributed by atoms with E-state index in [-0.39, 0.29) is 23.8 Å². The van der Waals surface area contributed by atoms with Gasteiger partial charge < -0.3 is 4.90 Å². The lowest BCUT2D eigenvalue weighted by Gasteiger charge is -2.15. The molecule has 2 aromatic rings. The SMILES string of the molecule is CN(Cc1cccc([N+](=O)[O-])c1)C(=O)c1cn[nH]n1. The maximum Gasteiger partial charge on any atom is 0.276 e. The van der Waals surface area contributed by atoms with Gasteiger partial charge in [0, 0.05) is 25.7 Å². The number of nitro groups is 1. The Labute approximate surface area is 108 Å². The molecule has 8 nitrogen and oxygen atoms in total. The molecule has 1 aromatic carbocycles. The molecule has 0 spiro atoms. The normalized spacial score (nSPS) is 10.2. The van der Waals surface area contributed by atoms with Gasteiger partial charge in [-0.2, -0.15) is 15.4 Å². The van der Waals surface area contributed by atoms with Crippen LogP contribution in [0.25, 0.3) is 0 Å². The van der Waals surface area contributed by atoms with E-state index in [1.807, 2.05) is 0 Å². The van der Waals surface area contributed by atoms with E-state index in [1.54, 1.807) is 19.2 Å². The van der Waals surface area contributed by atoms with Gasteiger partial charge >= 0.3 is 0 Å². The van der Waals surface area contributed by atoms with Crippen molar-refractivity contribution < 1.29 is 9.72 Å². The van der Waals surface area contributed by atoms with Crippen LogP contribution in [0.3, 0.4) is 0 Å². The predicted molar refractivity (Wildman–Crippen MR) is 65.3 cm³/mol. The van der Waals surface area contributed by atoms with Gasteiger partial charge in [0.25, 0.3) is 11.6 Å². The highest BCUT2D eigenvalue weighted by Crippen LogP contribution is 2.14. The van der Waals surface area contributed by atoms with Gasteiger partial charge in [-0.05, 0) is 5.56 Å². The number of H-pyrrole nitrogens is 1. The number of aromatic amines is 1. The van der Waals surface area contributed by atoms with Crippen LogP contribution in [0.1, 0.15) is 16.1 Å². The lowest BCUT2D eigenvalue weighted by atomic mass is 10.2. The Balaban J connectivity index is 2.10. The minimum atomic E-state index is -0.469. The first-order valence-corrected chi connectivity index (χ1v) is 5.42. The first kappa shape index (κ1) is 12.7. The maximum atomic E-state index is 11.9. The fourth-order valence-corrected chi connectivity index (χ4v) is 1.61. The van der Waals surface area contributed by atoms with Crippen molar-refractivity contribution in [1.29, 1.82) is 0 Å². The number of aromatic nitrogens is 3. The number of nitro benzene ring substituents is 1. The number of nitrogens with one attached hydrogen (secondary N) is 1. The van der Waals surface area contributed by atoms with Gasteiger partial charge in [-0.15, -0.1) is 0 Å². The number of carbonyl (C=O) groups is 1. The van der Waals surface area contributed by atoms with Crippen LogP contribution in [0.2, 0.25) is 0 Å². The second kappa shape index (κ2) is 5.25. The molecule has 19 heavy (non-hydrogen) atoms. The van der Waals surface area contributed by atoms with Crippen LogP contribution in [0.4, 0.5) is 5.69 Å². The summed E-state index contributed by atoms with van der Waals surface area (Å²) in [5, 5.41) is 20.3. The van der Waals surface area contributed by atoms with Gasteiger partial charge in [-0.3, -0.25) is 14.9 Å². The number of hydrogen-bond donors (Lipinski definition) is 1. The fourth-order valence-electron chi connectivity index (χ4n) is 1.61. The van der Waals surface area contributed by atoms with E-state index in [2.05, 4.69) is 15.4 Å². The van der Waals surface area contributed by atoms with Crippen molar-refractivity contribution in [2.75, 3.05) is 7.05 Å². The minimum absolute atomic E-state index is 0.000199. The molecule has 0 bridgehead atoms. The van der Waals surface area contributed by atoms with E-state index in [1.165, 1.54) is 23.2 Å². The number of hydrogen-bond acceptors (Lipinski definition) is 5. The Morgan fingerprint density at radius 3 is 2.95 bits per heavy atom. The van der Waals surface area contributed by atoms with E-state index < -0.39 is 4.92 Å². The lowest BCUT2D eigenvalue weighted by molar-refractivity contribution is -0.384. The van der Waals surface area contributed by atoms with Crippen LogP contribution in [0.15, 0.2) is 30.5 Å². The molecular formula is C11H11N5O3. The molecule has 1 heterocycles. The third-order valence-electron chi connectivity index (χ3n) is 2.52. The molecule has 0 saturated heterocycles. The standard InChI is InChI=1S/C11H11N5O3/c1-15(11(17)10-6-12-14-13-10)7-8-3-2-4-9(5-8)16(18)19/h2-6H,7H2,1H3,(H,12,13,14). The molecule has 0 saturated carbocycles. The highest BCUT2D eigenvalue weighted by atomic mass is 16.6. The Morgan fingerprint density at radius 1 is 1.53 bits per heavy atom. The van der Waals surface area contributed by atoms with Gasteiger partial charge in [0.2, 0.25) is 0 Å². The molecule has 0 unspecified atom stereocenters. The second-order valence-corrected chi connectivity index (χ2v) is 3.94. The Hall–Kier alpha value is -2.77. The smallest absolute Gasteiger partial charge is 0.276 e. The summed E-state index contributed by atoms with van der Waals surface area (Å²) in [6.07, 6.45) is 1.33. The monoisotopic (exact) mass is 261 g/mol. The number of nitrogens with zero attached hydrogens (tertiary/aromatic N) is 4. The highest BCUT2D eigenvalue weighted by Gasteiger charge is 2.15. The quantitative estimate of drug-likeness (QED) is 0.652. The second-order valence-electron chi connectivity index (χ2n) is 3.94. The van der Waals surface area contributed by atoms with Crippen molar-refractivity contribution in [2.24, 2.45) is 0 Å². The molecule has 98 valence electrons. The molecule has 0 aliphatic heterocycles. The summed E-state index contributed by atoms with van der Waals surface area (Å²) >= 11 is 0. The number of non-ortho nitro benzene ring substituents is 1. The first-order valence-electron chi connectivity index (χ1n) is 5.42. The van der Waals surface area contributed by atoms with E-state index in [0.29, 0.717) is 5.56 Å². The van der Waals surface area contributed by atoms with Crippen molar-refractivity contribution in [3.8, 4) is 0 Å². The molecule has 1 N–H and O–H groups in total. The van der Waals surface area contributed by atoms with Crippen molar-refractivity contribution in [3.05, 3.63) is 51.8 Å². The third kappa shape index (κ3) is 2.92. The minimum Gasteiger partial charge on any atom is -0.336 e. The van der Waals surface area contributed by atoms with Crippen molar-refractivity contribution in [2.45, 2.75) is 6.54 Å². The molecule has 0 aliphatic carbocycles. The number of amides is 1. The van der Waals surface area contributed by atoms with Gasteiger partial charge in [-0.1, -0.05) is 12.1 Å². The first-order chi connectivity index (χ1) is 9.08. The number of carbonyl (C=O) groups excluding carboxylic acids is 1. The topological polar surface area (TPSA) is 105 Å². The van der Waals surface area contributed by atoms with E-state index in [4.69, 9.17) is 0 Å². The molecule has 1 aromatic heterocycles. The average molecular weight is 261 g/mol. The lowest BCUT2D eigenvalue weighted by Crippen LogP contribution is -2.26. The molecular weight excluding hydrogens is 250 g/mol. The molecule has 0 radical (unpaired) electrons. The largest absolute Gasteiger partial charge is 0.336 e. The van der Waals surface area contributed by atoms with Crippen LogP contribution in [-0.4, -0.2) is 38.2 Å². The van der Waals surface area contributed by atoms with Crippen LogP contribution in [0, 0.1) is 10.1 Å². The number of benzene rings is 1. The molecule has 0 aliphatic rings. The molecule has 1 amide bonds. The van der Waals surface area contributed by atoms with Crippen molar-refractivity contribution in [3.63, 3.8) is 0 Å². The molecule has 0 fully saturated rings. The van der Waals surface area contributed by atoms with Crippen LogP contribution >= 0.6 is 0 Å².